The van der Waals surface area contributed by atoms with E-state index in [0.717, 1.165) is 0 Å². The number of carbonyl (C=O) groups excluding carboxylic acids is 2. The second kappa shape index (κ2) is 8.77. The molecule has 142 valence electrons. The molecule has 1 heterocycles. The average Bonchev–Trinajstić information content (AvgIpc) is 2.98. The number of hydrogen-bond acceptors (Lipinski definition) is 7. The normalized spacial score (nSPS) is 24.4. The van der Waals surface area contributed by atoms with Gasteiger partial charge in [0.25, 0.3) is 0 Å². The summed E-state index contributed by atoms with van der Waals surface area (Å²) in [4.78, 5) is 24.8. The molecule has 1 fully saturated rings. The summed E-state index contributed by atoms with van der Waals surface area (Å²) in [6.45, 7) is 0.0587. The Morgan fingerprint density at radius 3 is 1.85 bits per heavy atom. The Morgan fingerprint density at radius 1 is 0.889 bits per heavy atom. The van der Waals surface area contributed by atoms with E-state index in [1.165, 1.54) is 7.11 Å². The third-order valence-electron chi connectivity index (χ3n) is 4.12. The number of ether oxygens (including phenoxy) is 4. The van der Waals surface area contributed by atoms with Crippen LogP contribution in [0.1, 0.15) is 20.7 Å². The summed E-state index contributed by atoms with van der Waals surface area (Å²) in [7, 11) is 1.45. The molecule has 1 N–H and O–H groups in total. The molecule has 0 aliphatic carbocycles. The summed E-state index contributed by atoms with van der Waals surface area (Å²) in [5, 5.41) is 10.2. The van der Waals surface area contributed by atoms with Gasteiger partial charge in [-0.2, -0.15) is 0 Å². The Hall–Kier alpha value is -2.74. The zero-order valence-electron chi connectivity index (χ0n) is 14.7. The summed E-state index contributed by atoms with van der Waals surface area (Å²) in [5.74, 6) is -1.26. The fraction of sp³-hybridized carbons (Fsp3) is 0.300. The Balaban J connectivity index is 1.77. The third kappa shape index (κ3) is 4.51. The molecule has 2 aromatic carbocycles. The first-order chi connectivity index (χ1) is 13.1. The molecule has 2 aromatic rings. The molecule has 1 saturated heterocycles. The zero-order valence-corrected chi connectivity index (χ0v) is 14.7. The van der Waals surface area contributed by atoms with Crippen molar-refractivity contribution in [1.29, 1.82) is 0 Å². The molecule has 4 atom stereocenters. The predicted octanol–water partition coefficient (Wildman–Crippen LogP) is 1.80. The van der Waals surface area contributed by atoms with E-state index in [1.807, 2.05) is 0 Å². The van der Waals surface area contributed by atoms with Gasteiger partial charge >= 0.3 is 11.9 Å². The van der Waals surface area contributed by atoms with Gasteiger partial charge in [-0.1, -0.05) is 36.4 Å². The number of hydrogen-bond donors (Lipinski definition) is 1. The fourth-order valence-electron chi connectivity index (χ4n) is 2.81. The van der Waals surface area contributed by atoms with Crippen LogP contribution in [0.4, 0.5) is 0 Å². The highest BCUT2D eigenvalue weighted by atomic mass is 16.7. The topological polar surface area (TPSA) is 91.3 Å². The van der Waals surface area contributed by atoms with E-state index < -0.39 is 36.5 Å². The average molecular weight is 372 g/mol. The summed E-state index contributed by atoms with van der Waals surface area (Å²) in [5.41, 5.74) is 0.649. The van der Waals surface area contributed by atoms with Crippen molar-refractivity contribution < 1.29 is 33.6 Å². The number of carbonyl (C=O) groups is 2. The Bertz CT molecular complexity index is 762. The van der Waals surface area contributed by atoms with Crippen LogP contribution >= 0.6 is 0 Å². The standard InChI is InChI=1S/C20H20O7/c1-24-12-15-16(26-18(21)13-8-4-2-5-9-13)17(20(23)25-15)27-19(22)14-10-6-3-7-11-14/h2-11,15-17,20,23H,12H2,1H3/t15-,16+,17+,20+/m0/s1. The van der Waals surface area contributed by atoms with Gasteiger partial charge in [0.05, 0.1) is 17.7 Å². The molecule has 0 saturated carbocycles. The molecule has 0 radical (unpaired) electrons. The molecule has 7 heteroatoms. The highest BCUT2D eigenvalue weighted by Gasteiger charge is 2.49. The highest BCUT2D eigenvalue weighted by molar-refractivity contribution is 5.90. The van der Waals surface area contributed by atoms with E-state index in [0.29, 0.717) is 11.1 Å². The van der Waals surface area contributed by atoms with Crippen molar-refractivity contribution in [2.24, 2.45) is 0 Å². The summed E-state index contributed by atoms with van der Waals surface area (Å²) in [6.07, 6.45) is -4.40. The SMILES string of the molecule is COC[C@@H]1O[C@@H](O)[C@H](OC(=O)c2ccccc2)[C@@H]1OC(=O)c1ccccc1. The van der Waals surface area contributed by atoms with Crippen molar-refractivity contribution in [3.05, 3.63) is 71.8 Å². The van der Waals surface area contributed by atoms with Crippen LogP contribution in [-0.4, -0.2) is 55.4 Å². The lowest BCUT2D eigenvalue weighted by atomic mass is 10.1. The molecule has 0 bridgehead atoms. The van der Waals surface area contributed by atoms with E-state index >= 15 is 0 Å². The quantitative estimate of drug-likeness (QED) is 0.773. The first-order valence-corrected chi connectivity index (χ1v) is 8.44. The molecule has 1 aliphatic heterocycles. The van der Waals surface area contributed by atoms with Gasteiger partial charge in [0.2, 0.25) is 0 Å². The molecule has 3 rings (SSSR count). The van der Waals surface area contributed by atoms with Crippen LogP contribution in [0, 0.1) is 0 Å². The summed E-state index contributed by atoms with van der Waals surface area (Å²) >= 11 is 0. The lowest BCUT2D eigenvalue weighted by molar-refractivity contribution is -0.137. The van der Waals surface area contributed by atoms with Gasteiger partial charge < -0.3 is 24.1 Å². The molecular formula is C20H20O7. The van der Waals surface area contributed by atoms with Crippen molar-refractivity contribution >= 4 is 11.9 Å². The maximum Gasteiger partial charge on any atom is 0.338 e. The highest BCUT2D eigenvalue weighted by Crippen LogP contribution is 2.27. The van der Waals surface area contributed by atoms with Crippen LogP contribution in [0.5, 0.6) is 0 Å². The van der Waals surface area contributed by atoms with Crippen molar-refractivity contribution in [3.8, 4) is 0 Å². The largest absolute Gasteiger partial charge is 0.452 e. The van der Waals surface area contributed by atoms with Crippen LogP contribution < -0.4 is 0 Å². The fourth-order valence-corrected chi connectivity index (χ4v) is 2.81. The van der Waals surface area contributed by atoms with Crippen molar-refractivity contribution in [1.82, 2.24) is 0 Å². The minimum absolute atomic E-state index is 0.0587. The van der Waals surface area contributed by atoms with Gasteiger partial charge in [-0.3, -0.25) is 0 Å². The predicted molar refractivity (Wildman–Crippen MR) is 94.0 cm³/mol. The van der Waals surface area contributed by atoms with Crippen LogP contribution in [0.25, 0.3) is 0 Å². The lowest BCUT2D eigenvalue weighted by Crippen LogP contribution is -2.41. The van der Waals surface area contributed by atoms with E-state index in [9.17, 15) is 14.7 Å². The van der Waals surface area contributed by atoms with Crippen molar-refractivity contribution in [2.75, 3.05) is 13.7 Å². The van der Waals surface area contributed by atoms with Gasteiger partial charge in [0, 0.05) is 7.11 Å². The smallest absolute Gasteiger partial charge is 0.338 e. The molecule has 0 aromatic heterocycles. The van der Waals surface area contributed by atoms with E-state index in [4.69, 9.17) is 18.9 Å². The number of aliphatic hydroxyl groups excluding tert-OH is 1. The first-order valence-electron chi connectivity index (χ1n) is 8.44. The lowest BCUT2D eigenvalue weighted by Gasteiger charge is -2.23. The number of esters is 2. The van der Waals surface area contributed by atoms with Gasteiger partial charge in [0.1, 0.15) is 6.10 Å². The maximum absolute atomic E-state index is 12.4. The Labute approximate surface area is 156 Å². The Kier molecular flexibility index (Phi) is 6.18. The third-order valence-corrected chi connectivity index (χ3v) is 4.12. The Morgan fingerprint density at radius 2 is 1.37 bits per heavy atom. The zero-order chi connectivity index (χ0) is 19.2. The molecular weight excluding hydrogens is 352 g/mol. The number of rotatable bonds is 6. The summed E-state index contributed by atoms with van der Waals surface area (Å²) < 4.78 is 21.3. The maximum atomic E-state index is 12.4. The van der Waals surface area contributed by atoms with Gasteiger partial charge in [-0.05, 0) is 24.3 Å². The monoisotopic (exact) mass is 372 g/mol. The van der Waals surface area contributed by atoms with Crippen molar-refractivity contribution in [3.63, 3.8) is 0 Å². The number of methoxy groups -OCH3 is 1. The molecule has 0 spiro atoms. The van der Waals surface area contributed by atoms with Crippen molar-refractivity contribution in [2.45, 2.75) is 24.6 Å². The van der Waals surface area contributed by atoms with E-state index in [2.05, 4.69) is 0 Å². The van der Waals surface area contributed by atoms with Crippen LogP contribution in [-0.2, 0) is 18.9 Å². The van der Waals surface area contributed by atoms with E-state index in [-0.39, 0.29) is 6.61 Å². The first kappa shape index (κ1) is 19.0. The van der Waals surface area contributed by atoms with E-state index in [1.54, 1.807) is 60.7 Å². The molecule has 0 unspecified atom stereocenters. The van der Waals surface area contributed by atoms with Gasteiger partial charge in [-0.25, -0.2) is 9.59 Å². The van der Waals surface area contributed by atoms with Gasteiger partial charge in [-0.15, -0.1) is 0 Å². The number of benzene rings is 2. The summed E-state index contributed by atoms with van der Waals surface area (Å²) in [6, 6.07) is 16.7. The van der Waals surface area contributed by atoms with Gasteiger partial charge in [0.15, 0.2) is 18.5 Å². The second-order valence-corrected chi connectivity index (χ2v) is 5.99. The molecule has 7 nitrogen and oxygen atoms in total. The number of aliphatic hydroxyl groups is 1. The van der Waals surface area contributed by atoms with Crippen LogP contribution in [0.2, 0.25) is 0 Å². The molecule has 27 heavy (non-hydrogen) atoms. The molecule has 1 aliphatic rings. The minimum atomic E-state index is -1.44. The van der Waals surface area contributed by atoms with Crippen LogP contribution in [0.15, 0.2) is 60.7 Å². The van der Waals surface area contributed by atoms with Crippen LogP contribution in [0.3, 0.4) is 0 Å². The minimum Gasteiger partial charge on any atom is -0.452 e. The molecule has 0 amide bonds. The second-order valence-electron chi connectivity index (χ2n) is 5.99.